The maximum Gasteiger partial charge on any atom is 0.117 e. The highest BCUT2D eigenvalue weighted by Gasteiger charge is 2.08. The fourth-order valence-corrected chi connectivity index (χ4v) is 1.58. The van der Waals surface area contributed by atoms with Gasteiger partial charge in [0.05, 0.1) is 12.8 Å². The summed E-state index contributed by atoms with van der Waals surface area (Å²) < 4.78 is 5.31. The summed E-state index contributed by atoms with van der Waals surface area (Å²) in [6.07, 6.45) is 2.86. The minimum atomic E-state index is 0.219. The van der Waals surface area contributed by atoms with Crippen LogP contribution in [0.4, 0.5) is 0 Å². The van der Waals surface area contributed by atoms with Gasteiger partial charge in [-0.2, -0.15) is 0 Å². The van der Waals surface area contributed by atoms with Crippen LogP contribution < -0.4 is 5.73 Å². The molecule has 0 spiro atoms. The normalized spacial score (nSPS) is 13.4. The first-order valence-electron chi connectivity index (χ1n) is 5.22. The number of rotatable bonds is 6. The Morgan fingerprint density at radius 1 is 1.57 bits per heavy atom. The zero-order valence-corrected chi connectivity index (χ0v) is 9.07. The van der Waals surface area contributed by atoms with E-state index in [9.17, 15) is 0 Å². The van der Waals surface area contributed by atoms with Crippen molar-refractivity contribution in [3.63, 3.8) is 0 Å². The molecule has 80 valence electrons. The molecule has 1 rings (SSSR count). The quantitative estimate of drug-likeness (QED) is 0.755. The second-order valence-corrected chi connectivity index (χ2v) is 3.79. The standard InChI is InChI=1S/C11H20N2O/c1-3-6-13(8-10(2)12)9-11-5-4-7-14-11/h4-5,7,10H,3,6,8-9,12H2,1-2H3. The first kappa shape index (κ1) is 11.3. The molecule has 0 amide bonds. The minimum Gasteiger partial charge on any atom is -0.468 e. The predicted molar refractivity (Wildman–Crippen MR) is 57.9 cm³/mol. The molecule has 1 aromatic heterocycles. The third kappa shape index (κ3) is 3.94. The van der Waals surface area contributed by atoms with E-state index in [2.05, 4.69) is 11.8 Å². The zero-order valence-electron chi connectivity index (χ0n) is 9.07. The summed E-state index contributed by atoms with van der Waals surface area (Å²) >= 11 is 0. The van der Waals surface area contributed by atoms with Crippen LogP contribution in [0.2, 0.25) is 0 Å². The molecule has 2 N–H and O–H groups in total. The molecule has 0 aliphatic rings. The van der Waals surface area contributed by atoms with Gasteiger partial charge in [-0.15, -0.1) is 0 Å². The summed E-state index contributed by atoms with van der Waals surface area (Å²) in [6, 6.07) is 4.14. The molecule has 3 nitrogen and oxygen atoms in total. The van der Waals surface area contributed by atoms with Crippen LogP contribution in [0, 0.1) is 0 Å². The monoisotopic (exact) mass is 196 g/mol. The number of nitrogens with two attached hydrogens (primary N) is 1. The molecule has 1 atom stereocenters. The maximum atomic E-state index is 5.78. The van der Waals surface area contributed by atoms with Crippen LogP contribution >= 0.6 is 0 Å². The van der Waals surface area contributed by atoms with Gasteiger partial charge in [0.25, 0.3) is 0 Å². The number of nitrogens with zero attached hydrogens (tertiary/aromatic N) is 1. The van der Waals surface area contributed by atoms with Crippen molar-refractivity contribution >= 4 is 0 Å². The zero-order chi connectivity index (χ0) is 10.4. The van der Waals surface area contributed by atoms with Crippen LogP contribution in [-0.2, 0) is 6.54 Å². The van der Waals surface area contributed by atoms with Gasteiger partial charge in [0.2, 0.25) is 0 Å². The molecule has 0 saturated heterocycles. The van der Waals surface area contributed by atoms with Gasteiger partial charge in [-0.3, -0.25) is 4.90 Å². The Bertz CT molecular complexity index is 231. The first-order chi connectivity index (χ1) is 6.72. The van der Waals surface area contributed by atoms with Crippen LogP contribution in [0.15, 0.2) is 22.8 Å². The number of hydrogen-bond acceptors (Lipinski definition) is 3. The molecule has 0 saturated carbocycles. The molecule has 1 heterocycles. The van der Waals surface area contributed by atoms with Crippen molar-refractivity contribution in [3.05, 3.63) is 24.2 Å². The molecule has 0 aromatic carbocycles. The van der Waals surface area contributed by atoms with E-state index in [1.54, 1.807) is 6.26 Å². The van der Waals surface area contributed by atoms with Gasteiger partial charge in [-0.25, -0.2) is 0 Å². The van der Waals surface area contributed by atoms with Gasteiger partial charge in [0.15, 0.2) is 0 Å². The van der Waals surface area contributed by atoms with Gasteiger partial charge in [-0.05, 0) is 32.0 Å². The van der Waals surface area contributed by atoms with E-state index in [1.807, 2.05) is 19.1 Å². The predicted octanol–water partition coefficient (Wildman–Crippen LogP) is 1.84. The van der Waals surface area contributed by atoms with Crippen LogP contribution in [-0.4, -0.2) is 24.0 Å². The highest BCUT2D eigenvalue weighted by molar-refractivity contribution is 4.97. The highest BCUT2D eigenvalue weighted by atomic mass is 16.3. The smallest absolute Gasteiger partial charge is 0.117 e. The molecule has 0 fully saturated rings. The summed E-state index contributed by atoms with van der Waals surface area (Å²) in [4.78, 5) is 2.32. The summed E-state index contributed by atoms with van der Waals surface area (Å²) in [5.41, 5.74) is 5.78. The Hall–Kier alpha value is -0.800. The molecular weight excluding hydrogens is 176 g/mol. The topological polar surface area (TPSA) is 42.4 Å². The van der Waals surface area contributed by atoms with Gasteiger partial charge in [0.1, 0.15) is 5.76 Å². The fourth-order valence-electron chi connectivity index (χ4n) is 1.58. The van der Waals surface area contributed by atoms with Gasteiger partial charge >= 0.3 is 0 Å². The largest absolute Gasteiger partial charge is 0.468 e. The summed E-state index contributed by atoms with van der Waals surface area (Å²) in [6.45, 7) is 7.07. The third-order valence-corrected chi connectivity index (χ3v) is 2.05. The molecule has 14 heavy (non-hydrogen) atoms. The van der Waals surface area contributed by atoms with E-state index in [4.69, 9.17) is 10.2 Å². The van der Waals surface area contributed by atoms with Crippen molar-refractivity contribution in [2.24, 2.45) is 5.73 Å². The third-order valence-electron chi connectivity index (χ3n) is 2.05. The van der Waals surface area contributed by atoms with Gasteiger partial charge in [-0.1, -0.05) is 6.92 Å². The van der Waals surface area contributed by atoms with Crippen molar-refractivity contribution in [1.29, 1.82) is 0 Å². The van der Waals surface area contributed by atoms with Crippen LogP contribution in [0.5, 0.6) is 0 Å². The molecular formula is C11H20N2O. The van der Waals surface area contributed by atoms with Crippen LogP contribution in [0.3, 0.4) is 0 Å². The van der Waals surface area contributed by atoms with Crippen molar-refractivity contribution in [2.45, 2.75) is 32.9 Å². The average molecular weight is 196 g/mol. The fraction of sp³-hybridized carbons (Fsp3) is 0.636. The Labute approximate surface area is 85.9 Å². The second-order valence-electron chi connectivity index (χ2n) is 3.79. The molecule has 1 unspecified atom stereocenters. The van der Waals surface area contributed by atoms with E-state index in [0.717, 1.165) is 31.8 Å². The molecule has 0 aliphatic heterocycles. The summed E-state index contributed by atoms with van der Waals surface area (Å²) in [5, 5.41) is 0. The lowest BCUT2D eigenvalue weighted by atomic mass is 10.3. The van der Waals surface area contributed by atoms with Crippen molar-refractivity contribution < 1.29 is 4.42 Å². The summed E-state index contributed by atoms with van der Waals surface area (Å²) in [5.74, 6) is 1.01. The Kier molecular flexibility index (Phi) is 4.70. The SMILES string of the molecule is CCCN(Cc1ccco1)CC(C)N. The molecule has 0 bridgehead atoms. The second kappa shape index (κ2) is 5.83. The van der Waals surface area contributed by atoms with E-state index in [1.165, 1.54) is 0 Å². The number of furan rings is 1. The molecule has 3 heteroatoms. The molecule has 0 aliphatic carbocycles. The average Bonchev–Trinajstić information content (AvgIpc) is 2.56. The first-order valence-corrected chi connectivity index (χ1v) is 5.22. The van der Waals surface area contributed by atoms with Crippen molar-refractivity contribution in [1.82, 2.24) is 4.90 Å². The van der Waals surface area contributed by atoms with Gasteiger partial charge in [0, 0.05) is 12.6 Å². The van der Waals surface area contributed by atoms with Crippen molar-refractivity contribution in [2.75, 3.05) is 13.1 Å². The van der Waals surface area contributed by atoms with Crippen LogP contribution in [0.25, 0.3) is 0 Å². The Morgan fingerprint density at radius 2 is 2.36 bits per heavy atom. The van der Waals surface area contributed by atoms with E-state index in [0.29, 0.717) is 0 Å². The molecule has 1 aromatic rings. The molecule has 0 radical (unpaired) electrons. The summed E-state index contributed by atoms with van der Waals surface area (Å²) in [7, 11) is 0. The highest BCUT2D eigenvalue weighted by Crippen LogP contribution is 2.06. The maximum absolute atomic E-state index is 5.78. The van der Waals surface area contributed by atoms with E-state index >= 15 is 0 Å². The Morgan fingerprint density at radius 3 is 2.86 bits per heavy atom. The van der Waals surface area contributed by atoms with Crippen LogP contribution in [0.1, 0.15) is 26.0 Å². The van der Waals surface area contributed by atoms with E-state index in [-0.39, 0.29) is 6.04 Å². The van der Waals surface area contributed by atoms with Crippen molar-refractivity contribution in [3.8, 4) is 0 Å². The van der Waals surface area contributed by atoms with Gasteiger partial charge < -0.3 is 10.2 Å². The lowest BCUT2D eigenvalue weighted by Crippen LogP contribution is -2.35. The lowest BCUT2D eigenvalue weighted by Gasteiger charge is -2.22. The minimum absolute atomic E-state index is 0.219. The van der Waals surface area contributed by atoms with E-state index < -0.39 is 0 Å². The lowest BCUT2D eigenvalue weighted by molar-refractivity contribution is 0.233. The Balaban J connectivity index is 2.42. The number of hydrogen-bond donors (Lipinski definition) is 1.